The molecule has 1 nitrogen and oxygen atoms in total. The molecule has 2 aromatic carbocycles. The Kier molecular flexibility index (Phi) is 7.02. The minimum Gasteiger partial charge on any atom is -0.457 e. The van der Waals surface area contributed by atoms with Crippen LogP contribution in [0, 0.1) is 0 Å². The lowest BCUT2D eigenvalue weighted by Crippen LogP contribution is -1.82. The van der Waals surface area contributed by atoms with E-state index in [-0.39, 0.29) is 0 Å². The molecule has 0 aliphatic carbocycles. The van der Waals surface area contributed by atoms with Gasteiger partial charge in [0.25, 0.3) is 0 Å². The van der Waals surface area contributed by atoms with Crippen molar-refractivity contribution >= 4 is 35.0 Å². The number of benzene rings is 2. The molecule has 0 aliphatic rings. The third-order valence-corrected chi connectivity index (χ3v) is 2.37. The zero-order valence-electron chi connectivity index (χ0n) is 10.2. The standard InChI is InChI=1S/C12H8Cl2O.C2H6S/c13-9-1-5-11(6-2-9)15-12-7-3-10(14)4-8-12;1-3-2/h1-8H;1-2H3. The Hall–Kier alpha value is -0.830. The number of ether oxygens (including phenoxy) is 1. The highest BCUT2D eigenvalue weighted by atomic mass is 35.5. The molecule has 0 amide bonds. The molecule has 4 heteroatoms. The van der Waals surface area contributed by atoms with Crippen LogP contribution < -0.4 is 4.74 Å². The maximum absolute atomic E-state index is 5.76. The Morgan fingerprint density at radius 2 is 1.00 bits per heavy atom. The molecule has 96 valence electrons. The van der Waals surface area contributed by atoms with E-state index in [1.54, 1.807) is 36.0 Å². The zero-order chi connectivity index (χ0) is 13.4. The molecule has 0 aliphatic heterocycles. The smallest absolute Gasteiger partial charge is 0.127 e. The van der Waals surface area contributed by atoms with E-state index in [2.05, 4.69) is 0 Å². The topological polar surface area (TPSA) is 9.23 Å². The van der Waals surface area contributed by atoms with Crippen molar-refractivity contribution in [1.82, 2.24) is 0 Å². The lowest BCUT2D eigenvalue weighted by atomic mass is 10.3. The zero-order valence-corrected chi connectivity index (χ0v) is 12.5. The average molecular weight is 301 g/mol. The molecular weight excluding hydrogens is 287 g/mol. The SMILES string of the molecule is CSC.Clc1ccc(Oc2ccc(Cl)cc2)cc1. The van der Waals surface area contributed by atoms with Crippen LogP contribution in [-0.2, 0) is 0 Å². The fourth-order valence-corrected chi connectivity index (χ4v) is 1.39. The van der Waals surface area contributed by atoms with Gasteiger partial charge in [0.15, 0.2) is 0 Å². The molecule has 0 bridgehead atoms. The van der Waals surface area contributed by atoms with Crippen LogP contribution in [0.2, 0.25) is 10.0 Å². The summed E-state index contributed by atoms with van der Waals surface area (Å²) in [6.45, 7) is 0. The van der Waals surface area contributed by atoms with Crippen molar-refractivity contribution in [1.29, 1.82) is 0 Å². The maximum Gasteiger partial charge on any atom is 0.127 e. The quantitative estimate of drug-likeness (QED) is 0.697. The Morgan fingerprint density at radius 3 is 1.28 bits per heavy atom. The summed E-state index contributed by atoms with van der Waals surface area (Å²) in [6.07, 6.45) is 4.08. The molecule has 0 N–H and O–H groups in total. The molecule has 2 aromatic rings. The number of halogens is 2. The molecule has 0 spiro atoms. The minimum absolute atomic E-state index is 0.693. The van der Waals surface area contributed by atoms with Gasteiger partial charge in [-0.2, -0.15) is 11.8 Å². The molecule has 0 saturated heterocycles. The maximum atomic E-state index is 5.76. The van der Waals surface area contributed by atoms with Crippen LogP contribution in [0.5, 0.6) is 11.5 Å². The molecule has 0 radical (unpaired) electrons. The molecule has 0 saturated carbocycles. The molecule has 18 heavy (non-hydrogen) atoms. The minimum atomic E-state index is 0.693. The Labute approximate surface area is 122 Å². The summed E-state index contributed by atoms with van der Waals surface area (Å²) in [6, 6.07) is 14.4. The van der Waals surface area contributed by atoms with Gasteiger partial charge in [-0.1, -0.05) is 23.2 Å². The van der Waals surface area contributed by atoms with E-state index in [0.717, 1.165) is 11.5 Å². The van der Waals surface area contributed by atoms with E-state index < -0.39 is 0 Å². The largest absolute Gasteiger partial charge is 0.457 e. The van der Waals surface area contributed by atoms with Gasteiger partial charge in [0, 0.05) is 10.0 Å². The van der Waals surface area contributed by atoms with Crippen molar-refractivity contribution in [3.63, 3.8) is 0 Å². The highest BCUT2D eigenvalue weighted by Crippen LogP contribution is 2.24. The van der Waals surface area contributed by atoms with Crippen molar-refractivity contribution < 1.29 is 4.74 Å². The third-order valence-electron chi connectivity index (χ3n) is 1.86. The lowest BCUT2D eigenvalue weighted by molar-refractivity contribution is 0.483. The van der Waals surface area contributed by atoms with E-state index in [1.165, 1.54) is 0 Å². The first-order chi connectivity index (χ1) is 8.65. The second-order valence-corrected chi connectivity index (χ2v) is 5.11. The highest BCUT2D eigenvalue weighted by molar-refractivity contribution is 7.97. The van der Waals surface area contributed by atoms with Crippen molar-refractivity contribution in [2.45, 2.75) is 0 Å². The Morgan fingerprint density at radius 1 is 0.722 bits per heavy atom. The van der Waals surface area contributed by atoms with Crippen LogP contribution in [-0.4, -0.2) is 12.5 Å². The monoisotopic (exact) mass is 300 g/mol. The van der Waals surface area contributed by atoms with Gasteiger partial charge in [0.2, 0.25) is 0 Å². The van der Waals surface area contributed by atoms with Crippen molar-refractivity contribution in [2.75, 3.05) is 12.5 Å². The van der Waals surface area contributed by atoms with Gasteiger partial charge < -0.3 is 4.74 Å². The molecule has 2 rings (SSSR count). The fourth-order valence-electron chi connectivity index (χ4n) is 1.14. The van der Waals surface area contributed by atoms with Crippen molar-refractivity contribution in [2.24, 2.45) is 0 Å². The number of hydrogen-bond acceptors (Lipinski definition) is 2. The van der Waals surface area contributed by atoms with E-state index in [1.807, 2.05) is 36.8 Å². The summed E-state index contributed by atoms with van der Waals surface area (Å²) in [5.41, 5.74) is 0. The second-order valence-electron chi connectivity index (χ2n) is 3.42. The van der Waals surface area contributed by atoms with E-state index >= 15 is 0 Å². The molecule has 0 aromatic heterocycles. The van der Waals surface area contributed by atoms with Crippen LogP contribution in [0.4, 0.5) is 0 Å². The average Bonchev–Trinajstić information content (AvgIpc) is 2.36. The summed E-state index contributed by atoms with van der Waals surface area (Å²) in [7, 11) is 0. The van der Waals surface area contributed by atoms with Crippen molar-refractivity contribution in [3.8, 4) is 11.5 Å². The summed E-state index contributed by atoms with van der Waals surface area (Å²) in [5.74, 6) is 1.50. The number of thioether (sulfide) groups is 1. The molecule has 0 heterocycles. The lowest BCUT2D eigenvalue weighted by Gasteiger charge is -2.05. The van der Waals surface area contributed by atoms with Crippen LogP contribution in [0.1, 0.15) is 0 Å². The van der Waals surface area contributed by atoms with Crippen LogP contribution in [0.25, 0.3) is 0 Å². The number of rotatable bonds is 2. The molecule has 0 unspecified atom stereocenters. The Bertz CT molecular complexity index is 411. The van der Waals surface area contributed by atoms with E-state index in [0.29, 0.717) is 10.0 Å². The fraction of sp³-hybridized carbons (Fsp3) is 0.143. The van der Waals surface area contributed by atoms with Crippen LogP contribution >= 0.6 is 35.0 Å². The van der Waals surface area contributed by atoms with Gasteiger partial charge in [-0.3, -0.25) is 0 Å². The van der Waals surface area contributed by atoms with Gasteiger partial charge in [0.05, 0.1) is 0 Å². The summed E-state index contributed by atoms with van der Waals surface area (Å²) in [4.78, 5) is 0. The first-order valence-corrected chi connectivity index (χ1v) is 7.63. The van der Waals surface area contributed by atoms with Crippen LogP contribution in [0.3, 0.4) is 0 Å². The predicted molar refractivity (Wildman–Crippen MR) is 82.4 cm³/mol. The van der Waals surface area contributed by atoms with Crippen molar-refractivity contribution in [3.05, 3.63) is 58.6 Å². The summed E-state index contributed by atoms with van der Waals surface area (Å²) >= 11 is 13.3. The Balaban J connectivity index is 0.000000492. The first kappa shape index (κ1) is 15.2. The van der Waals surface area contributed by atoms with Gasteiger partial charge in [-0.05, 0) is 61.0 Å². The van der Waals surface area contributed by atoms with Crippen LogP contribution in [0.15, 0.2) is 48.5 Å². The van der Waals surface area contributed by atoms with Gasteiger partial charge in [0.1, 0.15) is 11.5 Å². The second kappa shape index (κ2) is 8.30. The third kappa shape index (κ3) is 5.67. The van der Waals surface area contributed by atoms with E-state index in [4.69, 9.17) is 27.9 Å². The highest BCUT2D eigenvalue weighted by Gasteiger charge is 1.96. The molecular formula is C14H14Cl2OS. The van der Waals surface area contributed by atoms with E-state index in [9.17, 15) is 0 Å². The first-order valence-electron chi connectivity index (χ1n) is 5.25. The predicted octanol–water partition coefficient (Wildman–Crippen LogP) is 5.76. The summed E-state index contributed by atoms with van der Waals surface area (Å²) < 4.78 is 5.57. The van der Waals surface area contributed by atoms with Gasteiger partial charge >= 0.3 is 0 Å². The normalized spacial score (nSPS) is 9.33. The molecule has 0 atom stereocenters. The summed E-state index contributed by atoms with van der Waals surface area (Å²) in [5, 5.41) is 1.39. The number of hydrogen-bond donors (Lipinski definition) is 0. The van der Waals surface area contributed by atoms with Gasteiger partial charge in [-0.25, -0.2) is 0 Å². The molecule has 0 fully saturated rings. The van der Waals surface area contributed by atoms with Gasteiger partial charge in [-0.15, -0.1) is 0 Å².